The predicted octanol–water partition coefficient (Wildman–Crippen LogP) is -0.833. The normalized spacial score (nSPS) is 11.6. The van der Waals surface area contributed by atoms with Crippen LogP contribution in [0.4, 0.5) is 11.5 Å². The van der Waals surface area contributed by atoms with Crippen molar-refractivity contribution in [2.75, 3.05) is 24.6 Å². The van der Waals surface area contributed by atoms with E-state index in [1.54, 1.807) is 12.1 Å². The third kappa shape index (κ3) is 2.99. The number of nitrogens with zero attached hydrogens (tertiary/aromatic N) is 4. The molecule has 2 aromatic rings. The lowest BCUT2D eigenvalue weighted by Crippen LogP contribution is -2.28. The highest BCUT2D eigenvalue weighted by molar-refractivity contribution is 7.90. The molecule has 11 heteroatoms. The van der Waals surface area contributed by atoms with E-state index in [-0.39, 0.29) is 11.5 Å². The van der Waals surface area contributed by atoms with E-state index in [9.17, 15) is 13.2 Å². The number of primary amides is 1. The fraction of sp³-hybridized carbons (Fsp3) is 0.182. The molecule has 0 aliphatic heterocycles. The van der Waals surface area contributed by atoms with E-state index in [1.807, 2.05) is 0 Å². The van der Waals surface area contributed by atoms with Gasteiger partial charge in [0.15, 0.2) is 11.5 Å². The van der Waals surface area contributed by atoms with Crippen LogP contribution in [-0.2, 0) is 10.2 Å². The quantitative estimate of drug-likeness (QED) is 0.653. The summed E-state index contributed by atoms with van der Waals surface area (Å²) in [5.41, 5.74) is 11.6. The lowest BCUT2D eigenvalue weighted by atomic mass is 10.3. The highest BCUT2D eigenvalue weighted by atomic mass is 32.2. The minimum Gasteiger partial charge on any atom is -0.382 e. The maximum Gasteiger partial charge on any atom is 0.301 e. The monoisotopic (exact) mass is 325 g/mol. The van der Waals surface area contributed by atoms with Crippen molar-refractivity contribution in [2.45, 2.75) is 0 Å². The number of carbonyl (C=O) groups excluding carboxylic acids is 1. The number of aromatic nitrogens is 3. The first-order valence-corrected chi connectivity index (χ1v) is 7.48. The van der Waals surface area contributed by atoms with Gasteiger partial charge in [-0.25, -0.2) is 0 Å². The first-order valence-electron chi connectivity index (χ1n) is 6.04. The van der Waals surface area contributed by atoms with Gasteiger partial charge in [-0.15, -0.1) is 5.10 Å². The van der Waals surface area contributed by atoms with Crippen molar-refractivity contribution in [2.24, 2.45) is 5.73 Å². The summed E-state index contributed by atoms with van der Waals surface area (Å²) in [4.78, 5) is 11.1. The Balaban J connectivity index is 2.28. The minimum absolute atomic E-state index is 0.00845. The van der Waals surface area contributed by atoms with Crippen LogP contribution in [0.15, 0.2) is 24.3 Å². The van der Waals surface area contributed by atoms with Crippen molar-refractivity contribution >= 4 is 27.6 Å². The van der Waals surface area contributed by atoms with E-state index < -0.39 is 16.1 Å². The van der Waals surface area contributed by atoms with Crippen LogP contribution in [-0.4, -0.2) is 47.7 Å². The molecule has 0 unspecified atom stereocenters. The molecule has 0 aliphatic carbocycles. The molecule has 0 saturated carbocycles. The van der Waals surface area contributed by atoms with Crippen LogP contribution in [0.3, 0.4) is 0 Å². The van der Waals surface area contributed by atoms with Crippen molar-refractivity contribution in [3.05, 3.63) is 30.0 Å². The number of rotatable bonds is 5. The summed E-state index contributed by atoms with van der Waals surface area (Å²) in [6.45, 7) is 0. The second-order valence-corrected chi connectivity index (χ2v) is 6.42. The zero-order valence-electron chi connectivity index (χ0n) is 11.9. The van der Waals surface area contributed by atoms with E-state index in [0.29, 0.717) is 11.4 Å². The van der Waals surface area contributed by atoms with Gasteiger partial charge in [0.05, 0.1) is 5.69 Å². The van der Waals surface area contributed by atoms with Gasteiger partial charge in [-0.05, 0) is 24.3 Å². The van der Waals surface area contributed by atoms with Gasteiger partial charge in [-0.3, -0.25) is 9.52 Å². The molecular weight excluding hydrogens is 310 g/mol. The van der Waals surface area contributed by atoms with E-state index in [0.717, 1.165) is 4.31 Å². The van der Waals surface area contributed by atoms with Gasteiger partial charge in [0.2, 0.25) is 0 Å². The lowest BCUT2D eigenvalue weighted by molar-refractivity contribution is 0.0996. The van der Waals surface area contributed by atoms with Crippen molar-refractivity contribution in [1.82, 2.24) is 19.3 Å². The van der Waals surface area contributed by atoms with Crippen LogP contribution in [0.1, 0.15) is 10.5 Å². The molecule has 5 N–H and O–H groups in total. The highest BCUT2D eigenvalue weighted by Gasteiger charge is 2.16. The number of nitrogen functional groups attached to an aromatic ring is 1. The first kappa shape index (κ1) is 15.7. The summed E-state index contributed by atoms with van der Waals surface area (Å²) in [6.07, 6.45) is 0. The summed E-state index contributed by atoms with van der Waals surface area (Å²) in [5, 5.41) is 7.33. The van der Waals surface area contributed by atoms with Crippen LogP contribution >= 0.6 is 0 Å². The standard InChI is InChI=1S/C11H15N7O3S/c1-17(2)22(20,21)15-7-3-5-8(6-4-7)18-10(12)9(11(13)19)14-16-18/h3-6,15H,12H2,1-2H3,(H2,13,19). The first-order chi connectivity index (χ1) is 10.2. The van der Waals surface area contributed by atoms with Gasteiger partial charge < -0.3 is 11.5 Å². The van der Waals surface area contributed by atoms with Gasteiger partial charge in [0, 0.05) is 19.8 Å². The molecule has 1 aromatic carbocycles. The molecule has 2 rings (SSSR count). The fourth-order valence-electron chi connectivity index (χ4n) is 1.57. The number of anilines is 2. The Morgan fingerprint density at radius 2 is 1.86 bits per heavy atom. The Morgan fingerprint density at radius 3 is 2.32 bits per heavy atom. The maximum atomic E-state index is 11.7. The zero-order chi connectivity index (χ0) is 16.5. The topological polar surface area (TPSA) is 149 Å². The molecule has 1 aromatic heterocycles. The smallest absolute Gasteiger partial charge is 0.301 e. The van der Waals surface area contributed by atoms with Crippen LogP contribution in [0.5, 0.6) is 0 Å². The van der Waals surface area contributed by atoms with E-state index in [1.165, 1.54) is 30.9 Å². The SMILES string of the molecule is CN(C)S(=O)(=O)Nc1ccc(-n2nnc(C(N)=O)c2N)cc1. The molecule has 0 bridgehead atoms. The van der Waals surface area contributed by atoms with E-state index in [4.69, 9.17) is 11.5 Å². The van der Waals surface area contributed by atoms with Crippen LogP contribution in [0, 0.1) is 0 Å². The lowest BCUT2D eigenvalue weighted by Gasteiger charge is -2.13. The average molecular weight is 325 g/mol. The third-order valence-electron chi connectivity index (χ3n) is 2.78. The molecule has 1 heterocycles. The van der Waals surface area contributed by atoms with Crippen molar-refractivity contribution in [3.63, 3.8) is 0 Å². The van der Waals surface area contributed by atoms with E-state index >= 15 is 0 Å². The second-order valence-electron chi connectivity index (χ2n) is 4.54. The van der Waals surface area contributed by atoms with Gasteiger partial charge in [-0.1, -0.05) is 5.21 Å². The molecule has 118 valence electrons. The zero-order valence-corrected chi connectivity index (χ0v) is 12.7. The van der Waals surface area contributed by atoms with Gasteiger partial charge in [0.25, 0.3) is 5.91 Å². The number of hydrogen-bond donors (Lipinski definition) is 3. The number of amides is 1. The Morgan fingerprint density at radius 1 is 1.27 bits per heavy atom. The predicted molar refractivity (Wildman–Crippen MR) is 80.5 cm³/mol. The average Bonchev–Trinajstić information content (AvgIpc) is 2.81. The number of carbonyl (C=O) groups is 1. The molecular formula is C11H15N7O3S. The van der Waals surface area contributed by atoms with Gasteiger partial charge >= 0.3 is 10.2 Å². The molecule has 22 heavy (non-hydrogen) atoms. The molecule has 0 spiro atoms. The van der Waals surface area contributed by atoms with Crippen LogP contribution < -0.4 is 16.2 Å². The molecule has 0 aliphatic rings. The number of hydrogen-bond acceptors (Lipinski definition) is 6. The van der Waals surface area contributed by atoms with Crippen molar-refractivity contribution in [1.29, 1.82) is 0 Å². The number of nitrogens with one attached hydrogen (secondary N) is 1. The largest absolute Gasteiger partial charge is 0.382 e. The number of benzene rings is 1. The molecule has 0 saturated heterocycles. The molecule has 1 amide bonds. The fourth-order valence-corrected chi connectivity index (χ4v) is 2.18. The second kappa shape index (κ2) is 5.61. The maximum absolute atomic E-state index is 11.7. The highest BCUT2D eigenvalue weighted by Crippen LogP contribution is 2.18. The summed E-state index contributed by atoms with van der Waals surface area (Å²) < 4.78 is 28.1. The van der Waals surface area contributed by atoms with Crippen LogP contribution in [0.2, 0.25) is 0 Å². The summed E-state index contributed by atoms with van der Waals surface area (Å²) >= 11 is 0. The Labute approximate surface area is 126 Å². The molecule has 0 atom stereocenters. The third-order valence-corrected chi connectivity index (χ3v) is 4.23. The Kier molecular flexibility index (Phi) is 4.01. The van der Waals surface area contributed by atoms with Crippen LogP contribution in [0.25, 0.3) is 5.69 Å². The number of nitrogens with two attached hydrogens (primary N) is 2. The summed E-state index contributed by atoms with van der Waals surface area (Å²) in [7, 11) is -0.752. The minimum atomic E-state index is -3.58. The Bertz CT molecular complexity index is 796. The summed E-state index contributed by atoms with van der Waals surface area (Å²) in [5.74, 6) is -0.770. The molecule has 10 nitrogen and oxygen atoms in total. The van der Waals surface area contributed by atoms with Gasteiger partial charge in [-0.2, -0.15) is 17.4 Å². The molecule has 0 radical (unpaired) electrons. The summed E-state index contributed by atoms with van der Waals surface area (Å²) in [6, 6.07) is 6.20. The van der Waals surface area contributed by atoms with E-state index in [2.05, 4.69) is 15.0 Å². The van der Waals surface area contributed by atoms with Crippen molar-refractivity contribution < 1.29 is 13.2 Å². The Hall–Kier alpha value is -2.66. The van der Waals surface area contributed by atoms with Gasteiger partial charge in [0.1, 0.15) is 0 Å². The molecule has 0 fully saturated rings. The van der Waals surface area contributed by atoms with Crippen molar-refractivity contribution in [3.8, 4) is 5.69 Å².